The Kier molecular flexibility index (Phi) is 6.45. The van der Waals surface area contributed by atoms with Crippen molar-refractivity contribution in [1.82, 2.24) is 5.32 Å². The van der Waals surface area contributed by atoms with E-state index in [1.165, 1.54) is 5.56 Å². The summed E-state index contributed by atoms with van der Waals surface area (Å²) in [5, 5.41) is 5.75. The first-order chi connectivity index (χ1) is 11.9. The lowest BCUT2D eigenvalue weighted by molar-refractivity contribution is 0.247. The minimum absolute atomic E-state index is 0.0301. The zero-order valence-electron chi connectivity index (χ0n) is 15.6. The molecule has 2 aromatic rings. The van der Waals surface area contributed by atoms with Gasteiger partial charge in [0, 0.05) is 5.69 Å². The summed E-state index contributed by atoms with van der Waals surface area (Å²) in [5.41, 5.74) is 3.20. The second kappa shape index (κ2) is 8.56. The Balaban J connectivity index is 1.79. The van der Waals surface area contributed by atoms with Crippen molar-refractivity contribution in [2.75, 3.05) is 18.5 Å². The molecule has 0 spiro atoms. The molecule has 0 saturated carbocycles. The molecule has 2 amide bonds. The molecule has 25 heavy (non-hydrogen) atoms. The third kappa shape index (κ3) is 5.82. The number of para-hydroxylation sites is 1. The van der Waals surface area contributed by atoms with Crippen molar-refractivity contribution in [2.45, 2.75) is 39.5 Å². The number of carbonyl (C=O) groups is 1. The number of urea groups is 1. The molecule has 0 fully saturated rings. The quantitative estimate of drug-likeness (QED) is 0.746. The van der Waals surface area contributed by atoms with Gasteiger partial charge in [-0.05, 0) is 41.2 Å². The second-order valence-corrected chi connectivity index (χ2v) is 7.02. The van der Waals surface area contributed by atoms with Gasteiger partial charge in [-0.25, -0.2) is 4.79 Å². The van der Waals surface area contributed by atoms with Crippen molar-refractivity contribution in [3.63, 3.8) is 0 Å². The molecule has 2 N–H and O–H groups in total. The van der Waals surface area contributed by atoms with Crippen molar-refractivity contribution in [3.8, 4) is 5.75 Å². The number of hydrogen-bond acceptors (Lipinski definition) is 2. The van der Waals surface area contributed by atoms with Gasteiger partial charge in [0.05, 0.1) is 6.54 Å². The standard InChI is InChI=1S/C21H28N2O2/c1-5-16-10-12-17(13-11-16)25-15-14-22-20(24)23-19-9-7-6-8-18(19)21(2,3)4/h6-13H,5,14-15H2,1-4H3,(H2,22,23,24). The van der Waals surface area contributed by atoms with E-state index in [-0.39, 0.29) is 11.4 Å². The number of amides is 2. The van der Waals surface area contributed by atoms with Crippen LogP contribution in [0, 0.1) is 0 Å². The van der Waals surface area contributed by atoms with E-state index in [9.17, 15) is 4.79 Å². The van der Waals surface area contributed by atoms with Crippen LogP contribution >= 0.6 is 0 Å². The maximum atomic E-state index is 12.1. The lowest BCUT2D eigenvalue weighted by atomic mass is 9.86. The van der Waals surface area contributed by atoms with Crippen LogP contribution in [0.2, 0.25) is 0 Å². The fourth-order valence-electron chi connectivity index (χ4n) is 2.57. The lowest BCUT2D eigenvalue weighted by Crippen LogP contribution is -2.33. The highest BCUT2D eigenvalue weighted by atomic mass is 16.5. The molecule has 0 radical (unpaired) electrons. The van der Waals surface area contributed by atoms with Crippen LogP contribution in [0.1, 0.15) is 38.8 Å². The first kappa shape index (κ1) is 18.8. The predicted octanol–water partition coefficient (Wildman–Crippen LogP) is 4.75. The molecule has 0 aliphatic carbocycles. The Labute approximate surface area is 150 Å². The largest absolute Gasteiger partial charge is 0.492 e. The van der Waals surface area contributed by atoms with E-state index in [0.29, 0.717) is 13.2 Å². The van der Waals surface area contributed by atoms with Crippen LogP contribution in [0.15, 0.2) is 48.5 Å². The molecule has 0 atom stereocenters. The van der Waals surface area contributed by atoms with Gasteiger partial charge >= 0.3 is 6.03 Å². The number of aryl methyl sites for hydroxylation is 1. The van der Waals surface area contributed by atoms with E-state index in [2.05, 4.69) is 50.5 Å². The van der Waals surface area contributed by atoms with Crippen molar-refractivity contribution < 1.29 is 9.53 Å². The molecular weight excluding hydrogens is 312 g/mol. The Morgan fingerprint density at radius 2 is 1.72 bits per heavy atom. The summed E-state index contributed by atoms with van der Waals surface area (Å²) in [6.07, 6.45) is 1.01. The topological polar surface area (TPSA) is 50.4 Å². The van der Waals surface area contributed by atoms with Gasteiger partial charge < -0.3 is 15.4 Å². The molecule has 0 aliphatic heterocycles. The SMILES string of the molecule is CCc1ccc(OCCNC(=O)Nc2ccccc2C(C)(C)C)cc1. The smallest absolute Gasteiger partial charge is 0.319 e. The van der Waals surface area contributed by atoms with E-state index >= 15 is 0 Å². The van der Waals surface area contributed by atoms with Crippen LogP contribution < -0.4 is 15.4 Å². The monoisotopic (exact) mass is 340 g/mol. The number of rotatable bonds is 6. The molecule has 0 aliphatic rings. The molecule has 0 unspecified atom stereocenters. The number of carbonyl (C=O) groups excluding carboxylic acids is 1. The zero-order chi connectivity index (χ0) is 18.3. The highest BCUT2D eigenvalue weighted by Crippen LogP contribution is 2.29. The summed E-state index contributed by atoms with van der Waals surface area (Å²) in [4.78, 5) is 12.1. The molecule has 2 rings (SSSR count). The first-order valence-electron chi connectivity index (χ1n) is 8.76. The van der Waals surface area contributed by atoms with Crippen molar-refractivity contribution in [1.29, 1.82) is 0 Å². The molecule has 0 saturated heterocycles. The van der Waals surface area contributed by atoms with Crippen molar-refractivity contribution in [3.05, 3.63) is 59.7 Å². The summed E-state index contributed by atoms with van der Waals surface area (Å²) in [6, 6.07) is 15.7. The van der Waals surface area contributed by atoms with Crippen LogP contribution in [0.3, 0.4) is 0 Å². The number of nitrogens with one attached hydrogen (secondary N) is 2. The maximum absolute atomic E-state index is 12.1. The molecular formula is C21H28N2O2. The molecule has 2 aromatic carbocycles. The van der Waals surface area contributed by atoms with E-state index in [0.717, 1.165) is 23.4 Å². The molecule has 0 heterocycles. The van der Waals surface area contributed by atoms with Gasteiger partial charge in [-0.3, -0.25) is 0 Å². The zero-order valence-corrected chi connectivity index (χ0v) is 15.6. The van der Waals surface area contributed by atoms with Crippen LogP contribution in [0.4, 0.5) is 10.5 Å². The summed E-state index contributed by atoms with van der Waals surface area (Å²) in [5.74, 6) is 0.817. The number of ether oxygens (including phenoxy) is 1. The minimum atomic E-state index is -0.221. The molecule has 0 bridgehead atoms. The Hall–Kier alpha value is -2.49. The highest BCUT2D eigenvalue weighted by Gasteiger charge is 2.18. The summed E-state index contributed by atoms with van der Waals surface area (Å²) >= 11 is 0. The molecule has 134 valence electrons. The van der Waals surface area contributed by atoms with Gasteiger partial charge in [-0.2, -0.15) is 0 Å². The summed E-state index contributed by atoms with van der Waals surface area (Å²) < 4.78 is 5.64. The second-order valence-electron chi connectivity index (χ2n) is 7.02. The van der Waals surface area contributed by atoms with E-state index in [1.54, 1.807) is 0 Å². The van der Waals surface area contributed by atoms with Crippen LogP contribution in [-0.2, 0) is 11.8 Å². The number of anilines is 1. The Morgan fingerprint density at radius 1 is 1.04 bits per heavy atom. The summed E-state index contributed by atoms with van der Waals surface area (Å²) in [6.45, 7) is 9.38. The van der Waals surface area contributed by atoms with Crippen LogP contribution in [0.5, 0.6) is 5.75 Å². The van der Waals surface area contributed by atoms with Gasteiger partial charge in [0.1, 0.15) is 12.4 Å². The van der Waals surface area contributed by atoms with Gasteiger partial charge in [0.25, 0.3) is 0 Å². The van der Waals surface area contributed by atoms with Gasteiger partial charge in [0.2, 0.25) is 0 Å². The fraction of sp³-hybridized carbons (Fsp3) is 0.381. The van der Waals surface area contributed by atoms with Crippen LogP contribution in [0.25, 0.3) is 0 Å². The fourth-order valence-corrected chi connectivity index (χ4v) is 2.57. The normalized spacial score (nSPS) is 11.0. The van der Waals surface area contributed by atoms with Gasteiger partial charge in [-0.1, -0.05) is 58.0 Å². The number of benzene rings is 2. The predicted molar refractivity (Wildman–Crippen MR) is 103 cm³/mol. The summed E-state index contributed by atoms with van der Waals surface area (Å²) in [7, 11) is 0. The van der Waals surface area contributed by atoms with E-state index in [4.69, 9.17) is 4.74 Å². The Morgan fingerprint density at radius 3 is 2.36 bits per heavy atom. The maximum Gasteiger partial charge on any atom is 0.319 e. The van der Waals surface area contributed by atoms with E-state index in [1.807, 2.05) is 36.4 Å². The lowest BCUT2D eigenvalue weighted by Gasteiger charge is -2.23. The van der Waals surface area contributed by atoms with Crippen LogP contribution in [-0.4, -0.2) is 19.2 Å². The third-order valence-corrected chi connectivity index (χ3v) is 3.97. The first-order valence-corrected chi connectivity index (χ1v) is 8.76. The Bertz CT molecular complexity index is 688. The molecule has 4 heteroatoms. The average Bonchev–Trinajstić information content (AvgIpc) is 2.59. The minimum Gasteiger partial charge on any atom is -0.492 e. The average molecular weight is 340 g/mol. The van der Waals surface area contributed by atoms with Crippen molar-refractivity contribution >= 4 is 11.7 Å². The van der Waals surface area contributed by atoms with Crippen molar-refractivity contribution in [2.24, 2.45) is 0 Å². The van der Waals surface area contributed by atoms with Gasteiger partial charge in [0.15, 0.2) is 0 Å². The molecule has 4 nitrogen and oxygen atoms in total. The van der Waals surface area contributed by atoms with E-state index < -0.39 is 0 Å². The third-order valence-electron chi connectivity index (χ3n) is 3.97. The highest BCUT2D eigenvalue weighted by molar-refractivity contribution is 5.90. The van der Waals surface area contributed by atoms with Gasteiger partial charge in [-0.15, -0.1) is 0 Å². The molecule has 0 aromatic heterocycles. The number of hydrogen-bond donors (Lipinski definition) is 2.